The normalized spacial score (nSPS) is 12.6. The van der Waals surface area contributed by atoms with E-state index in [1.54, 1.807) is 11.9 Å². The van der Waals surface area contributed by atoms with Gasteiger partial charge in [-0.05, 0) is 46.7 Å². The van der Waals surface area contributed by atoms with Crippen molar-refractivity contribution in [3.8, 4) is 0 Å². The largest absolute Gasteiger partial charge is 0.350 e. The van der Waals surface area contributed by atoms with E-state index in [1.807, 2.05) is 51.1 Å². The number of nitrogens with zero attached hydrogens (tertiary/aromatic N) is 1. The molecule has 0 aromatic heterocycles. The first-order chi connectivity index (χ1) is 11.6. The highest BCUT2D eigenvalue weighted by Gasteiger charge is 2.20. The van der Waals surface area contributed by atoms with E-state index >= 15 is 0 Å². The summed E-state index contributed by atoms with van der Waals surface area (Å²) in [5, 5.41) is 5.60. The molecule has 6 nitrogen and oxygen atoms in total. The maximum atomic E-state index is 12.2. The summed E-state index contributed by atoms with van der Waals surface area (Å²) in [7, 11) is 1.70. The Hall–Kier alpha value is -2.21. The van der Waals surface area contributed by atoms with Crippen molar-refractivity contribution in [1.29, 1.82) is 0 Å². The number of hydrogen-bond acceptors (Lipinski definition) is 4. The Balaban J connectivity index is 2.52. The lowest BCUT2D eigenvalue weighted by Gasteiger charge is -2.23. The molecule has 0 saturated carbocycles. The highest BCUT2D eigenvalue weighted by Crippen LogP contribution is 2.04. The lowest BCUT2D eigenvalue weighted by molar-refractivity contribution is -0.128. The summed E-state index contributed by atoms with van der Waals surface area (Å²) in [4.78, 5) is 37.5. The molecule has 6 heteroatoms. The lowest BCUT2D eigenvalue weighted by Crippen LogP contribution is -2.49. The Morgan fingerprint density at radius 1 is 1.04 bits per heavy atom. The third kappa shape index (κ3) is 9.00. The Labute approximate surface area is 150 Å². The molecule has 0 radical (unpaired) electrons. The molecule has 0 unspecified atom stereocenters. The minimum Gasteiger partial charge on any atom is -0.350 e. The standard InChI is InChI=1S/C19H29N3O3/c1-14(23)16(11-15-9-7-6-8-10-15)20-17(24)12-22(5)13-18(25)21-19(2,3)4/h6-10,16H,11-13H2,1-5H3,(H,20,24)(H,21,25)/t16-/m0/s1. The highest BCUT2D eigenvalue weighted by molar-refractivity contribution is 5.88. The first kappa shape index (κ1) is 20.8. The van der Waals surface area contributed by atoms with E-state index in [2.05, 4.69) is 10.6 Å². The molecule has 0 bridgehead atoms. The van der Waals surface area contributed by atoms with Gasteiger partial charge in [-0.3, -0.25) is 19.3 Å². The van der Waals surface area contributed by atoms with Gasteiger partial charge >= 0.3 is 0 Å². The van der Waals surface area contributed by atoms with Crippen LogP contribution in [0, 0.1) is 0 Å². The van der Waals surface area contributed by atoms with Crippen molar-refractivity contribution in [2.45, 2.75) is 45.7 Å². The van der Waals surface area contributed by atoms with Crippen molar-refractivity contribution < 1.29 is 14.4 Å². The Kier molecular flexibility index (Phi) is 7.77. The fraction of sp³-hybridized carbons (Fsp3) is 0.526. The first-order valence-electron chi connectivity index (χ1n) is 8.40. The summed E-state index contributed by atoms with van der Waals surface area (Å²) in [6.07, 6.45) is 0.455. The number of benzene rings is 1. The second kappa shape index (κ2) is 9.32. The molecule has 1 rings (SSSR count). The zero-order chi connectivity index (χ0) is 19.0. The van der Waals surface area contributed by atoms with Crippen LogP contribution in [0.4, 0.5) is 0 Å². The van der Waals surface area contributed by atoms with Gasteiger partial charge in [-0.1, -0.05) is 30.3 Å². The van der Waals surface area contributed by atoms with Gasteiger partial charge < -0.3 is 10.6 Å². The number of nitrogens with one attached hydrogen (secondary N) is 2. The maximum absolute atomic E-state index is 12.2. The second-order valence-corrected chi connectivity index (χ2v) is 7.39. The van der Waals surface area contributed by atoms with Gasteiger partial charge in [-0.2, -0.15) is 0 Å². The summed E-state index contributed by atoms with van der Waals surface area (Å²) >= 11 is 0. The minimum absolute atomic E-state index is 0.0517. The maximum Gasteiger partial charge on any atom is 0.234 e. The van der Waals surface area contributed by atoms with Crippen LogP contribution in [0.15, 0.2) is 30.3 Å². The molecule has 0 aliphatic heterocycles. The SMILES string of the molecule is CC(=O)[C@H](Cc1ccccc1)NC(=O)CN(C)CC(=O)NC(C)(C)C. The van der Waals surface area contributed by atoms with Gasteiger partial charge in [0.1, 0.15) is 0 Å². The van der Waals surface area contributed by atoms with Crippen LogP contribution in [-0.2, 0) is 20.8 Å². The Morgan fingerprint density at radius 2 is 1.60 bits per heavy atom. The number of ketones is 1. The van der Waals surface area contributed by atoms with Gasteiger partial charge in [0.25, 0.3) is 0 Å². The summed E-state index contributed by atoms with van der Waals surface area (Å²) in [5.41, 5.74) is 0.677. The van der Waals surface area contributed by atoms with Crippen LogP contribution in [0.1, 0.15) is 33.3 Å². The molecule has 0 aliphatic carbocycles. The molecule has 2 amide bonds. The monoisotopic (exact) mass is 347 g/mol. The summed E-state index contributed by atoms with van der Waals surface area (Å²) in [5.74, 6) is -0.511. The van der Waals surface area contributed by atoms with Crippen LogP contribution >= 0.6 is 0 Å². The van der Waals surface area contributed by atoms with Gasteiger partial charge in [-0.15, -0.1) is 0 Å². The Bertz CT molecular complexity index is 594. The fourth-order valence-electron chi connectivity index (χ4n) is 2.39. The molecule has 1 aromatic carbocycles. The smallest absolute Gasteiger partial charge is 0.234 e. The third-order valence-electron chi connectivity index (χ3n) is 3.45. The van der Waals surface area contributed by atoms with Crippen molar-refractivity contribution >= 4 is 17.6 Å². The number of hydrogen-bond donors (Lipinski definition) is 2. The van der Waals surface area contributed by atoms with Gasteiger partial charge in [-0.25, -0.2) is 0 Å². The average molecular weight is 347 g/mol. The number of Topliss-reactive ketones (excluding diaryl/α,β-unsaturated/α-hetero) is 1. The van der Waals surface area contributed by atoms with E-state index < -0.39 is 6.04 Å². The molecule has 138 valence electrons. The molecule has 25 heavy (non-hydrogen) atoms. The third-order valence-corrected chi connectivity index (χ3v) is 3.45. The Morgan fingerprint density at radius 3 is 2.12 bits per heavy atom. The van der Waals surface area contributed by atoms with Crippen molar-refractivity contribution in [3.05, 3.63) is 35.9 Å². The van der Waals surface area contributed by atoms with Gasteiger partial charge in [0.15, 0.2) is 5.78 Å². The van der Waals surface area contributed by atoms with E-state index in [1.165, 1.54) is 6.92 Å². The summed E-state index contributed by atoms with van der Waals surface area (Å²) in [6.45, 7) is 7.34. The van der Waals surface area contributed by atoms with Gasteiger partial charge in [0.2, 0.25) is 11.8 Å². The number of carbonyl (C=O) groups excluding carboxylic acids is 3. The number of carbonyl (C=O) groups is 3. The molecule has 1 atom stereocenters. The molecule has 0 heterocycles. The second-order valence-electron chi connectivity index (χ2n) is 7.39. The molecule has 2 N–H and O–H groups in total. The highest BCUT2D eigenvalue weighted by atomic mass is 16.2. The molecule has 0 saturated heterocycles. The van der Waals surface area contributed by atoms with E-state index in [-0.39, 0.29) is 36.2 Å². The van der Waals surface area contributed by atoms with Gasteiger partial charge in [0, 0.05) is 5.54 Å². The van der Waals surface area contributed by atoms with Crippen molar-refractivity contribution in [2.75, 3.05) is 20.1 Å². The van der Waals surface area contributed by atoms with Crippen LogP contribution in [-0.4, -0.2) is 54.2 Å². The molecule has 0 spiro atoms. The van der Waals surface area contributed by atoms with Crippen LogP contribution in [0.25, 0.3) is 0 Å². The molecule has 1 aromatic rings. The molecule has 0 aliphatic rings. The number of rotatable bonds is 8. The van der Waals surface area contributed by atoms with E-state index in [9.17, 15) is 14.4 Å². The lowest BCUT2D eigenvalue weighted by atomic mass is 10.0. The number of amides is 2. The number of likely N-dealkylation sites (N-methyl/N-ethyl adjacent to an activating group) is 1. The van der Waals surface area contributed by atoms with E-state index in [0.717, 1.165) is 5.56 Å². The fourth-order valence-corrected chi connectivity index (χ4v) is 2.39. The predicted octanol–water partition coefficient (Wildman–Crippen LogP) is 1.15. The molecular weight excluding hydrogens is 318 g/mol. The van der Waals surface area contributed by atoms with Gasteiger partial charge in [0.05, 0.1) is 19.1 Å². The first-order valence-corrected chi connectivity index (χ1v) is 8.40. The summed E-state index contributed by atoms with van der Waals surface area (Å²) < 4.78 is 0. The molecule has 0 fully saturated rings. The van der Waals surface area contributed by atoms with E-state index in [0.29, 0.717) is 6.42 Å². The molecular formula is C19H29N3O3. The zero-order valence-corrected chi connectivity index (χ0v) is 15.8. The summed E-state index contributed by atoms with van der Waals surface area (Å²) in [6, 6.07) is 8.98. The van der Waals surface area contributed by atoms with Crippen LogP contribution in [0.2, 0.25) is 0 Å². The van der Waals surface area contributed by atoms with Crippen molar-refractivity contribution in [1.82, 2.24) is 15.5 Å². The van der Waals surface area contributed by atoms with Crippen molar-refractivity contribution in [3.63, 3.8) is 0 Å². The topological polar surface area (TPSA) is 78.5 Å². The average Bonchev–Trinajstić information content (AvgIpc) is 2.44. The zero-order valence-electron chi connectivity index (χ0n) is 15.8. The predicted molar refractivity (Wildman–Crippen MR) is 98.2 cm³/mol. The quantitative estimate of drug-likeness (QED) is 0.739. The van der Waals surface area contributed by atoms with Crippen molar-refractivity contribution in [2.24, 2.45) is 0 Å². The minimum atomic E-state index is -0.563. The van der Waals surface area contributed by atoms with Crippen LogP contribution in [0.3, 0.4) is 0 Å². The van der Waals surface area contributed by atoms with Crippen LogP contribution in [0.5, 0.6) is 0 Å². The van der Waals surface area contributed by atoms with Crippen LogP contribution < -0.4 is 10.6 Å². The van der Waals surface area contributed by atoms with E-state index in [4.69, 9.17) is 0 Å².